The van der Waals surface area contributed by atoms with Crippen LogP contribution in [0.3, 0.4) is 0 Å². The molecule has 2 amide bonds. The molecule has 3 aliphatic rings. The van der Waals surface area contributed by atoms with E-state index in [1.54, 1.807) is 12.0 Å². The van der Waals surface area contributed by atoms with E-state index in [0.717, 1.165) is 22.6 Å². The first-order valence-electron chi connectivity index (χ1n) is 10.6. The number of hydrogen-bond donors (Lipinski definition) is 1. The van der Waals surface area contributed by atoms with Gasteiger partial charge in [-0.25, -0.2) is 0 Å². The third kappa shape index (κ3) is 3.07. The van der Waals surface area contributed by atoms with Gasteiger partial charge in [0, 0.05) is 18.9 Å². The summed E-state index contributed by atoms with van der Waals surface area (Å²) in [5, 5.41) is 0. The van der Waals surface area contributed by atoms with Crippen LogP contribution in [0.25, 0.3) is 0 Å². The Morgan fingerprint density at radius 1 is 1.23 bits per heavy atom. The largest absolute Gasteiger partial charge is 0.497 e. The minimum atomic E-state index is -0.930. The second kappa shape index (κ2) is 7.57. The van der Waals surface area contributed by atoms with E-state index in [0.29, 0.717) is 32.6 Å². The number of carbonyl (C=O) groups is 2. The van der Waals surface area contributed by atoms with Crippen LogP contribution in [0.1, 0.15) is 23.5 Å². The molecule has 3 aliphatic heterocycles. The van der Waals surface area contributed by atoms with E-state index in [1.165, 1.54) is 0 Å². The number of nitrogens with two attached hydrogens (primary N) is 1. The van der Waals surface area contributed by atoms with Crippen molar-refractivity contribution in [1.82, 2.24) is 4.90 Å². The minimum absolute atomic E-state index is 0.151. The minimum Gasteiger partial charge on any atom is -0.497 e. The van der Waals surface area contributed by atoms with Gasteiger partial charge in [0.1, 0.15) is 17.4 Å². The van der Waals surface area contributed by atoms with Gasteiger partial charge in [-0.3, -0.25) is 9.59 Å². The van der Waals surface area contributed by atoms with E-state index >= 15 is 0 Å². The van der Waals surface area contributed by atoms with Crippen LogP contribution >= 0.6 is 0 Å². The van der Waals surface area contributed by atoms with Crippen LogP contribution in [0, 0.1) is 11.8 Å². The van der Waals surface area contributed by atoms with Gasteiger partial charge in [-0.1, -0.05) is 30.3 Å². The molecule has 7 nitrogen and oxygen atoms in total. The number of piperidine rings is 1. The van der Waals surface area contributed by atoms with Gasteiger partial charge in [-0.15, -0.1) is 0 Å². The molecule has 5 rings (SSSR count). The molecule has 4 atom stereocenters. The van der Waals surface area contributed by atoms with Gasteiger partial charge >= 0.3 is 0 Å². The maximum absolute atomic E-state index is 13.6. The summed E-state index contributed by atoms with van der Waals surface area (Å²) in [5.74, 6) is -0.766. The van der Waals surface area contributed by atoms with Crippen LogP contribution in [-0.4, -0.2) is 49.3 Å². The molecular weight excluding hydrogens is 396 g/mol. The van der Waals surface area contributed by atoms with Crippen molar-refractivity contribution in [2.45, 2.75) is 24.5 Å². The molecule has 2 N–H and O–H groups in total. The molecule has 2 aromatic carbocycles. The fourth-order valence-corrected chi connectivity index (χ4v) is 5.45. The van der Waals surface area contributed by atoms with E-state index in [-0.39, 0.29) is 17.7 Å². The molecule has 0 aromatic heterocycles. The van der Waals surface area contributed by atoms with Crippen molar-refractivity contribution in [2.75, 3.05) is 26.9 Å². The second-order valence-corrected chi connectivity index (χ2v) is 8.41. The SMILES string of the molecule is COc1ccc(CCN2C(=O)[C@@H](C(N)=O)[C@H]3c4ccccc4O[C@@]24CCOC[C@H]34)cc1. The number of rotatable bonds is 5. The van der Waals surface area contributed by atoms with Gasteiger partial charge in [-0.05, 0) is 35.7 Å². The summed E-state index contributed by atoms with van der Waals surface area (Å²) < 4.78 is 17.6. The molecule has 2 aromatic rings. The number of ether oxygens (including phenoxy) is 3. The molecule has 0 saturated carbocycles. The van der Waals surface area contributed by atoms with E-state index in [1.807, 2.05) is 48.5 Å². The Morgan fingerprint density at radius 2 is 2.00 bits per heavy atom. The quantitative estimate of drug-likeness (QED) is 0.745. The van der Waals surface area contributed by atoms with E-state index < -0.39 is 17.6 Å². The lowest BCUT2D eigenvalue weighted by Crippen LogP contribution is -2.73. The highest BCUT2D eigenvalue weighted by Gasteiger charge is 2.64. The molecule has 2 fully saturated rings. The lowest BCUT2D eigenvalue weighted by molar-refractivity contribution is -0.226. The summed E-state index contributed by atoms with van der Waals surface area (Å²) in [6, 6.07) is 15.4. The van der Waals surface area contributed by atoms with Gasteiger partial charge in [0.2, 0.25) is 11.8 Å². The number of likely N-dealkylation sites (tertiary alicyclic amines) is 1. The second-order valence-electron chi connectivity index (χ2n) is 8.41. The molecule has 0 aliphatic carbocycles. The zero-order valence-electron chi connectivity index (χ0n) is 17.5. The zero-order chi connectivity index (χ0) is 21.6. The summed E-state index contributed by atoms with van der Waals surface area (Å²) in [6.45, 7) is 1.36. The fourth-order valence-electron chi connectivity index (χ4n) is 5.45. The summed E-state index contributed by atoms with van der Waals surface area (Å²) in [7, 11) is 1.63. The standard InChI is InChI=1S/C24H26N2O5/c1-29-16-8-6-15(7-9-16)10-12-26-23(28)21(22(25)27)20-17-4-2-3-5-19(17)31-24(26)11-13-30-14-18(20)24/h2-9,18,20-21H,10-14H2,1H3,(H2,25,27)/t18-,20+,21-,24-/m1/s1. The number of nitrogens with zero attached hydrogens (tertiary/aromatic N) is 1. The number of hydrogen-bond acceptors (Lipinski definition) is 5. The normalized spacial score (nSPS) is 28.9. The molecule has 7 heteroatoms. The van der Waals surface area contributed by atoms with Crippen LogP contribution in [0.15, 0.2) is 48.5 Å². The van der Waals surface area contributed by atoms with Gasteiger partial charge in [0.05, 0.1) is 26.2 Å². The number of fused-ring (bicyclic) bond motifs is 2. The summed E-state index contributed by atoms with van der Waals surface area (Å²) >= 11 is 0. The average Bonchev–Trinajstić information content (AvgIpc) is 2.78. The van der Waals surface area contributed by atoms with E-state index in [2.05, 4.69) is 0 Å². The van der Waals surface area contributed by atoms with E-state index in [9.17, 15) is 9.59 Å². The lowest BCUT2D eigenvalue weighted by atomic mass is 9.64. The van der Waals surface area contributed by atoms with E-state index in [4.69, 9.17) is 19.9 Å². The predicted molar refractivity (Wildman–Crippen MR) is 113 cm³/mol. The number of methoxy groups -OCH3 is 1. The zero-order valence-corrected chi connectivity index (χ0v) is 17.5. The number of primary amides is 1. The summed E-state index contributed by atoms with van der Waals surface area (Å²) in [6.07, 6.45) is 1.19. The molecule has 2 saturated heterocycles. The summed E-state index contributed by atoms with van der Waals surface area (Å²) in [4.78, 5) is 27.9. The molecule has 0 unspecified atom stereocenters. The van der Waals surface area contributed by atoms with Crippen molar-refractivity contribution >= 4 is 11.8 Å². The molecule has 2 bridgehead atoms. The monoisotopic (exact) mass is 422 g/mol. The van der Waals surface area contributed by atoms with Crippen molar-refractivity contribution in [3.63, 3.8) is 0 Å². The first-order valence-corrected chi connectivity index (χ1v) is 10.6. The maximum Gasteiger partial charge on any atom is 0.238 e. The molecule has 162 valence electrons. The number of carbonyl (C=O) groups excluding carboxylic acids is 2. The molecule has 3 heterocycles. The number of benzene rings is 2. The van der Waals surface area contributed by atoms with Crippen LogP contribution in [-0.2, 0) is 20.7 Å². The Labute approximate surface area is 181 Å². The third-order valence-corrected chi connectivity index (χ3v) is 6.92. The molecule has 0 radical (unpaired) electrons. The number of amides is 2. The fraction of sp³-hybridized carbons (Fsp3) is 0.417. The highest BCUT2D eigenvalue weighted by Crippen LogP contribution is 2.56. The molecule has 31 heavy (non-hydrogen) atoms. The van der Waals surface area contributed by atoms with Crippen molar-refractivity contribution in [3.8, 4) is 11.5 Å². The van der Waals surface area contributed by atoms with Crippen LogP contribution in [0.4, 0.5) is 0 Å². The maximum atomic E-state index is 13.6. The average molecular weight is 422 g/mol. The van der Waals surface area contributed by atoms with Crippen molar-refractivity contribution in [1.29, 1.82) is 0 Å². The Morgan fingerprint density at radius 3 is 2.74 bits per heavy atom. The van der Waals surface area contributed by atoms with Gasteiger partial charge in [0.25, 0.3) is 0 Å². The Balaban J connectivity index is 1.54. The third-order valence-electron chi connectivity index (χ3n) is 6.92. The highest BCUT2D eigenvalue weighted by molar-refractivity contribution is 6.02. The Kier molecular flexibility index (Phi) is 4.85. The van der Waals surface area contributed by atoms with Crippen LogP contribution in [0.5, 0.6) is 11.5 Å². The topological polar surface area (TPSA) is 91.1 Å². The Bertz CT molecular complexity index is 1010. The van der Waals surface area contributed by atoms with Crippen molar-refractivity contribution < 1.29 is 23.8 Å². The number of para-hydroxylation sites is 1. The smallest absolute Gasteiger partial charge is 0.238 e. The summed E-state index contributed by atoms with van der Waals surface area (Å²) in [5.41, 5.74) is 6.90. The van der Waals surface area contributed by atoms with Gasteiger partial charge < -0.3 is 24.8 Å². The first-order chi connectivity index (χ1) is 15.0. The van der Waals surface area contributed by atoms with Gasteiger partial charge in [0.15, 0.2) is 5.72 Å². The van der Waals surface area contributed by atoms with Crippen LogP contribution < -0.4 is 15.2 Å². The first kappa shape index (κ1) is 19.9. The van der Waals surface area contributed by atoms with Crippen molar-refractivity contribution in [3.05, 3.63) is 59.7 Å². The van der Waals surface area contributed by atoms with Crippen molar-refractivity contribution in [2.24, 2.45) is 17.6 Å². The Hall–Kier alpha value is -3.06. The lowest BCUT2D eigenvalue weighted by Gasteiger charge is -2.60. The van der Waals surface area contributed by atoms with Crippen LogP contribution in [0.2, 0.25) is 0 Å². The highest BCUT2D eigenvalue weighted by atomic mass is 16.5. The predicted octanol–water partition coefficient (Wildman–Crippen LogP) is 2.09. The molecular formula is C24H26N2O5. The molecule has 0 spiro atoms. The van der Waals surface area contributed by atoms with Gasteiger partial charge in [-0.2, -0.15) is 0 Å².